The second-order valence-electron chi connectivity index (χ2n) is 4.49. The summed E-state index contributed by atoms with van der Waals surface area (Å²) in [6.07, 6.45) is 6.48. The molecule has 0 atom stereocenters. The molecule has 0 unspecified atom stereocenters. The van der Waals surface area contributed by atoms with Crippen molar-refractivity contribution in [3.63, 3.8) is 0 Å². The number of methoxy groups -OCH3 is 2. The standard InChI is InChI=1S/C8H14O3.C6H12O3/c1-10-8(9)11-7-5-3-2-4-6-7;1-3-4-5-9-6(7)8-2/h7H,2-6H2,1H3;3-5H2,1-2H3. The van der Waals surface area contributed by atoms with Crippen LogP contribution in [-0.4, -0.2) is 39.2 Å². The maximum Gasteiger partial charge on any atom is 0.508 e. The predicted molar refractivity (Wildman–Crippen MR) is 73.6 cm³/mol. The largest absolute Gasteiger partial charge is 0.508 e. The van der Waals surface area contributed by atoms with Gasteiger partial charge in [-0.15, -0.1) is 0 Å². The molecule has 118 valence electrons. The van der Waals surface area contributed by atoms with Crippen LogP contribution in [-0.2, 0) is 18.9 Å². The van der Waals surface area contributed by atoms with E-state index in [9.17, 15) is 9.59 Å². The van der Waals surface area contributed by atoms with E-state index in [1.165, 1.54) is 33.5 Å². The summed E-state index contributed by atoms with van der Waals surface area (Å²) in [4.78, 5) is 20.9. The maximum atomic E-state index is 10.6. The van der Waals surface area contributed by atoms with E-state index in [1.807, 2.05) is 6.92 Å². The molecule has 6 heteroatoms. The Morgan fingerprint density at radius 2 is 1.60 bits per heavy atom. The molecule has 0 spiro atoms. The lowest BCUT2D eigenvalue weighted by Crippen LogP contribution is -2.20. The highest BCUT2D eigenvalue weighted by atomic mass is 16.7. The van der Waals surface area contributed by atoms with Gasteiger partial charge >= 0.3 is 12.3 Å². The molecule has 0 amide bonds. The van der Waals surface area contributed by atoms with Crippen molar-refractivity contribution in [3.05, 3.63) is 0 Å². The molecule has 1 fully saturated rings. The lowest BCUT2D eigenvalue weighted by Gasteiger charge is -2.20. The van der Waals surface area contributed by atoms with Gasteiger partial charge in [-0.05, 0) is 32.1 Å². The van der Waals surface area contributed by atoms with Gasteiger partial charge in [0, 0.05) is 0 Å². The van der Waals surface area contributed by atoms with E-state index >= 15 is 0 Å². The zero-order chi connectivity index (χ0) is 15.2. The Labute approximate surface area is 120 Å². The molecule has 0 bridgehead atoms. The SMILES string of the molecule is CCCCOC(=O)OC.COC(=O)OC1CCCCC1. The summed E-state index contributed by atoms with van der Waals surface area (Å²) in [6.45, 7) is 2.49. The minimum atomic E-state index is -0.594. The highest BCUT2D eigenvalue weighted by Crippen LogP contribution is 2.20. The van der Waals surface area contributed by atoms with Gasteiger partial charge < -0.3 is 18.9 Å². The van der Waals surface area contributed by atoms with Crippen molar-refractivity contribution >= 4 is 12.3 Å². The Hall–Kier alpha value is -1.46. The van der Waals surface area contributed by atoms with Gasteiger partial charge in [-0.2, -0.15) is 0 Å². The first-order chi connectivity index (χ1) is 9.63. The fourth-order valence-electron chi connectivity index (χ4n) is 1.73. The van der Waals surface area contributed by atoms with Crippen LogP contribution in [0.5, 0.6) is 0 Å². The molecule has 0 radical (unpaired) electrons. The van der Waals surface area contributed by atoms with Crippen molar-refractivity contribution < 1.29 is 28.5 Å². The summed E-state index contributed by atoms with van der Waals surface area (Å²) in [7, 11) is 2.64. The summed E-state index contributed by atoms with van der Waals surface area (Å²) in [5.74, 6) is 0. The van der Waals surface area contributed by atoms with Gasteiger partial charge in [0.25, 0.3) is 0 Å². The average Bonchev–Trinajstić information content (AvgIpc) is 2.49. The third-order valence-corrected chi connectivity index (χ3v) is 2.87. The monoisotopic (exact) mass is 290 g/mol. The van der Waals surface area contributed by atoms with Gasteiger partial charge in [0.15, 0.2) is 0 Å². The summed E-state index contributed by atoms with van der Waals surface area (Å²) in [5.41, 5.74) is 0. The molecule has 0 N–H and O–H groups in total. The van der Waals surface area contributed by atoms with Crippen LogP contribution in [0.1, 0.15) is 51.9 Å². The van der Waals surface area contributed by atoms with Crippen LogP contribution in [0.2, 0.25) is 0 Å². The van der Waals surface area contributed by atoms with Crippen molar-refractivity contribution in [2.45, 2.75) is 58.0 Å². The van der Waals surface area contributed by atoms with Crippen LogP contribution >= 0.6 is 0 Å². The number of carbonyl (C=O) groups excluding carboxylic acids is 2. The Bertz CT molecular complexity index is 260. The van der Waals surface area contributed by atoms with E-state index in [-0.39, 0.29) is 6.10 Å². The molecule has 0 aromatic heterocycles. The van der Waals surface area contributed by atoms with E-state index in [2.05, 4.69) is 14.2 Å². The minimum absolute atomic E-state index is 0.108. The highest BCUT2D eigenvalue weighted by molar-refractivity contribution is 5.59. The second-order valence-corrected chi connectivity index (χ2v) is 4.49. The molecule has 1 aliphatic rings. The molecule has 0 aromatic carbocycles. The van der Waals surface area contributed by atoms with E-state index in [4.69, 9.17) is 4.74 Å². The molecule has 1 aliphatic carbocycles. The first-order valence-electron chi connectivity index (χ1n) is 7.09. The minimum Gasteiger partial charge on any atom is -0.438 e. The summed E-state index contributed by atoms with van der Waals surface area (Å²) >= 11 is 0. The molecule has 0 heterocycles. The van der Waals surface area contributed by atoms with Gasteiger partial charge in [-0.1, -0.05) is 19.8 Å². The third kappa shape index (κ3) is 10.5. The van der Waals surface area contributed by atoms with E-state index in [1.54, 1.807) is 0 Å². The van der Waals surface area contributed by atoms with Crippen LogP contribution in [0.15, 0.2) is 0 Å². The lowest BCUT2D eigenvalue weighted by atomic mass is 9.98. The predicted octanol–water partition coefficient (Wildman–Crippen LogP) is 3.67. The number of hydrogen-bond acceptors (Lipinski definition) is 6. The van der Waals surface area contributed by atoms with Crippen LogP contribution in [0.25, 0.3) is 0 Å². The van der Waals surface area contributed by atoms with Crippen molar-refractivity contribution in [2.75, 3.05) is 20.8 Å². The summed E-state index contributed by atoms with van der Waals surface area (Å²) < 4.78 is 18.2. The molecule has 20 heavy (non-hydrogen) atoms. The van der Waals surface area contributed by atoms with Gasteiger partial charge in [-0.25, -0.2) is 9.59 Å². The fraction of sp³-hybridized carbons (Fsp3) is 0.857. The Morgan fingerprint density at radius 3 is 2.10 bits per heavy atom. The summed E-state index contributed by atoms with van der Waals surface area (Å²) in [5, 5.41) is 0. The van der Waals surface area contributed by atoms with Crippen LogP contribution in [0.4, 0.5) is 9.59 Å². The zero-order valence-corrected chi connectivity index (χ0v) is 12.7. The number of rotatable bonds is 4. The van der Waals surface area contributed by atoms with Crippen molar-refractivity contribution in [3.8, 4) is 0 Å². The van der Waals surface area contributed by atoms with Gasteiger partial charge in [0.2, 0.25) is 0 Å². The van der Waals surface area contributed by atoms with Crippen molar-refractivity contribution in [2.24, 2.45) is 0 Å². The fourth-order valence-corrected chi connectivity index (χ4v) is 1.73. The molecule has 0 aliphatic heterocycles. The van der Waals surface area contributed by atoms with Crippen LogP contribution < -0.4 is 0 Å². The number of hydrogen-bond donors (Lipinski definition) is 0. The topological polar surface area (TPSA) is 71.1 Å². The quantitative estimate of drug-likeness (QED) is 0.581. The third-order valence-electron chi connectivity index (χ3n) is 2.87. The Kier molecular flexibility index (Phi) is 11.7. The Morgan fingerprint density at radius 1 is 1.00 bits per heavy atom. The maximum absolute atomic E-state index is 10.6. The average molecular weight is 290 g/mol. The van der Waals surface area contributed by atoms with Crippen LogP contribution in [0.3, 0.4) is 0 Å². The van der Waals surface area contributed by atoms with Gasteiger partial charge in [0.05, 0.1) is 20.8 Å². The molecule has 6 nitrogen and oxygen atoms in total. The van der Waals surface area contributed by atoms with Crippen molar-refractivity contribution in [1.29, 1.82) is 0 Å². The molecule has 1 rings (SSSR count). The highest BCUT2D eigenvalue weighted by Gasteiger charge is 2.17. The zero-order valence-electron chi connectivity index (χ0n) is 12.7. The van der Waals surface area contributed by atoms with Crippen LogP contribution in [0, 0.1) is 0 Å². The molecular formula is C14H26O6. The first-order valence-corrected chi connectivity index (χ1v) is 7.09. The lowest BCUT2D eigenvalue weighted by molar-refractivity contribution is 0.0231. The first kappa shape index (κ1) is 18.5. The molecule has 1 saturated carbocycles. The van der Waals surface area contributed by atoms with Crippen molar-refractivity contribution in [1.82, 2.24) is 0 Å². The smallest absolute Gasteiger partial charge is 0.438 e. The Balaban J connectivity index is 0.000000370. The molecular weight excluding hydrogens is 264 g/mol. The number of unbranched alkanes of at least 4 members (excludes halogenated alkanes) is 1. The second kappa shape index (κ2) is 12.6. The van der Waals surface area contributed by atoms with E-state index in [0.717, 1.165) is 25.7 Å². The van der Waals surface area contributed by atoms with E-state index < -0.39 is 12.3 Å². The molecule has 0 aromatic rings. The van der Waals surface area contributed by atoms with E-state index in [0.29, 0.717) is 6.61 Å². The summed E-state index contributed by atoms with van der Waals surface area (Å²) in [6, 6.07) is 0. The normalized spacial score (nSPS) is 14.6. The van der Waals surface area contributed by atoms with Gasteiger partial charge in [0.1, 0.15) is 6.10 Å². The number of ether oxygens (including phenoxy) is 4. The molecule has 0 saturated heterocycles. The van der Waals surface area contributed by atoms with Gasteiger partial charge in [-0.3, -0.25) is 0 Å². The number of carbonyl (C=O) groups is 2.